The van der Waals surface area contributed by atoms with Crippen molar-refractivity contribution in [3.63, 3.8) is 0 Å². The van der Waals surface area contributed by atoms with Gasteiger partial charge in [-0.2, -0.15) is 5.10 Å². The second kappa shape index (κ2) is 5.64. The monoisotopic (exact) mass is 415 g/mol. The number of hydrogen-bond donors (Lipinski definition) is 0. The summed E-state index contributed by atoms with van der Waals surface area (Å²) in [6, 6.07) is -0.285. The van der Waals surface area contributed by atoms with Gasteiger partial charge in [-0.15, -0.1) is 0 Å². The summed E-state index contributed by atoms with van der Waals surface area (Å²) in [5.74, 6) is 0.0331. The summed E-state index contributed by atoms with van der Waals surface area (Å²) in [7, 11) is 3.49. The van der Waals surface area contributed by atoms with E-state index in [0.717, 1.165) is 9.08 Å². The Morgan fingerprint density at radius 1 is 1.44 bits per heavy atom. The first-order valence-electron chi connectivity index (χ1n) is 4.70. The predicted octanol–water partition coefficient (Wildman–Crippen LogP) is 3.21. The predicted molar refractivity (Wildman–Crippen MR) is 73.3 cm³/mol. The molecule has 1 atom stereocenters. The van der Waals surface area contributed by atoms with E-state index in [2.05, 4.69) is 52.9 Å². The van der Waals surface area contributed by atoms with Crippen molar-refractivity contribution < 1.29 is 4.79 Å². The maximum atomic E-state index is 12.0. The molecule has 1 aromatic rings. The standard InChI is InChI=1S/C9H12Br3N3O/c1-4-5(9(16)14(2)3)15-8(12)6(10)7(11)13-15/h5H,4H2,1-3H3/t5-/m1/s1. The molecule has 0 aliphatic heterocycles. The van der Waals surface area contributed by atoms with Crippen molar-refractivity contribution in [3.8, 4) is 0 Å². The number of nitrogens with zero attached hydrogens (tertiary/aromatic N) is 3. The van der Waals surface area contributed by atoms with Gasteiger partial charge in [-0.25, -0.2) is 4.68 Å². The topological polar surface area (TPSA) is 38.1 Å². The van der Waals surface area contributed by atoms with Crippen molar-refractivity contribution in [2.45, 2.75) is 19.4 Å². The van der Waals surface area contributed by atoms with Gasteiger partial charge in [-0.3, -0.25) is 4.79 Å². The van der Waals surface area contributed by atoms with E-state index in [1.807, 2.05) is 6.92 Å². The molecule has 0 aliphatic rings. The average Bonchev–Trinajstić information content (AvgIpc) is 2.47. The number of amides is 1. The van der Waals surface area contributed by atoms with Gasteiger partial charge < -0.3 is 4.90 Å². The lowest BCUT2D eigenvalue weighted by molar-refractivity contribution is -0.132. The van der Waals surface area contributed by atoms with Crippen LogP contribution in [0, 0.1) is 0 Å². The highest BCUT2D eigenvalue weighted by Gasteiger charge is 2.25. The first-order chi connectivity index (χ1) is 7.40. The molecular formula is C9H12Br3N3O. The van der Waals surface area contributed by atoms with Gasteiger partial charge in [0.15, 0.2) is 0 Å². The molecule has 0 radical (unpaired) electrons. The average molecular weight is 418 g/mol. The van der Waals surface area contributed by atoms with Crippen LogP contribution in [0.4, 0.5) is 0 Å². The number of rotatable bonds is 3. The summed E-state index contributed by atoms with van der Waals surface area (Å²) >= 11 is 10.1. The molecule has 0 aliphatic carbocycles. The largest absolute Gasteiger partial charge is 0.347 e. The van der Waals surface area contributed by atoms with Gasteiger partial charge >= 0.3 is 0 Å². The van der Waals surface area contributed by atoms with Crippen LogP contribution in [0.1, 0.15) is 19.4 Å². The Bertz CT molecular complexity index is 403. The molecule has 16 heavy (non-hydrogen) atoms. The van der Waals surface area contributed by atoms with Gasteiger partial charge in [0.2, 0.25) is 5.91 Å². The maximum absolute atomic E-state index is 12.0. The van der Waals surface area contributed by atoms with Crippen molar-refractivity contribution in [2.75, 3.05) is 14.1 Å². The lowest BCUT2D eigenvalue weighted by Gasteiger charge is -2.20. The van der Waals surface area contributed by atoms with Crippen molar-refractivity contribution in [2.24, 2.45) is 0 Å². The third-order valence-corrected chi connectivity index (χ3v) is 5.30. The fourth-order valence-electron chi connectivity index (χ4n) is 1.32. The van der Waals surface area contributed by atoms with E-state index in [1.165, 1.54) is 0 Å². The number of hydrogen-bond acceptors (Lipinski definition) is 2. The van der Waals surface area contributed by atoms with Gasteiger partial charge in [-0.05, 0) is 54.2 Å². The summed E-state index contributed by atoms with van der Waals surface area (Å²) < 4.78 is 3.94. The second-order valence-corrected chi connectivity index (χ2v) is 5.79. The van der Waals surface area contributed by atoms with Gasteiger partial charge in [0, 0.05) is 14.1 Å². The molecule has 0 bridgehead atoms. The minimum Gasteiger partial charge on any atom is -0.347 e. The zero-order chi connectivity index (χ0) is 12.5. The third kappa shape index (κ3) is 2.68. The molecule has 0 saturated heterocycles. The Hall–Kier alpha value is 0.120. The summed E-state index contributed by atoms with van der Waals surface area (Å²) in [6.45, 7) is 1.96. The molecule has 1 heterocycles. The summed E-state index contributed by atoms with van der Waals surface area (Å²) in [6.07, 6.45) is 0.691. The Balaban J connectivity index is 3.14. The molecule has 90 valence electrons. The zero-order valence-corrected chi connectivity index (χ0v) is 13.9. The van der Waals surface area contributed by atoms with E-state index in [4.69, 9.17) is 0 Å². The van der Waals surface area contributed by atoms with Crippen LogP contribution in [0.2, 0.25) is 0 Å². The van der Waals surface area contributed by atoms with Crippen molar-refractivity contribution in [1.82, 2.24) is 14.7 Å². The molecule has 1 amide bonds. The van der Waals surface area contributed by atoms with Gasteiger partial charge in [0.05, 0.1) is 4.47 Å². The molecule has 0 fully saturated rings. The minimum absolute atomic E-state index is 0.0331. The SMILES string of the molecule is CC[C@H](C(=O)N(C)C)n1nc(Br)c(Br)c1Br. The van der Waals surface area contributed by atoms with Crippen molar-refractivity contribution in [1.29, 1.82) is 0 Å². The molecule has 4 nitrogen and oxygen atoms in total. The van der Waals surface area contributed by atoms with E-state index < -0.39 is 0 Å². The molecule has 0 saturated carbocycles. The van der Waals surface area contributed by atoms with Crippen molar-refractivity contribution in [3.05, 3.63) is 13.7 Å². The van der Waals surface area contributed by atoms with Crippen LogP contribution in [0.3, 0.4) is 0 Å². The molecule has 0 unspecified atom stereocenters. The highest BCUT2D eigenvalue weighted by atomic mass is 79.9. The smallest absolute Gasteiger partial charge is 0.246 e. The quantitative estimate of drug-likeness (QED) is 0.757. The third-order valence-electron chi connectivity index (χ3n) is 2.17. The maximum Gasteiger partial charge on any atom is 0.246 e. The van der Waals surface area contributed by atoms with E-state index >= 15 is 0 Å². The number of carbonyl (C=O) groups is 1. The van der Waals surface area contributed by atoms with E-state index in [0.29, 0.717) is 11.0 Å². The minimum atomic E-state index is -0.285. The van der Waals surface area contributed by atoms with Crippen molar-refractivity contribution >= 4 is 53.7 Å². The number of aromatic nitrogens is 2. The summed E-state index contributed by atoms with van der Waals surface area (Å²) in [5, 5.41) is 4.28. The Kier molecular flexibility index (Phi) is 5.00. The first kappa shape index (κ1) is 14.2. The zero-order valence-electron chi connectivity index (χ0n) is 9.17. The highest BCUT2D eigenvalue weighted by Crippen LogP contribution is 2.33. The lowest BCUT2D eigenvalue weighted by atomic mass is 10.2. The van der Waals surface area contributed by atoms with Gasteiger partial charge in [-0.1, -0.05) is 6.92 Å². The molecule has 0 spiro atoms. The van der Waals surface area contributed by atoms with Gasteiger partial charge in [0.1, 0.15) is 15.2 Å². The van der Waals surface area contributed by atoms with Gasteiger partial charge in [0.25, 0.3) is 0 Å². The summed E-state index contributed by atoms with van der Waals surface area (Å²) in [4.78, 5) is 13.5. The van der Waals surface area contributed by atoms with E-state index in [1.54, 1.807) is 23.7 Å². The molecule has 0 aromatic carbocycles. The Morgan fingerprint density at radius 3 is 2.31 bits per heavy atom. The molecule has 1 aromatic heterocycles. The molecule has 1 rings (SSSR count). The molecular weight excluding hydrogens is 406 g/mol. The summed E-state index contributed by atoms with van der Waals surface area (Å²) in [5.41, 5.74) is 0. The second-order valence-electron chi connectivity index (χ2n) is 3.50. The Labute approximate surface area is 120 Å². The number of halogens is 3. The van der Waals surface area contributed by atoms with E-state index in [-0.39, 0.29) is 11.9 Å². The molecule has 0 N–H and O–H groups in total. The van der Waals surface area contributed by atoms with Crippen LogP contribution in [-0.4, -0.2) is 34.7 Å². The van der Waals surface area contributed by atoms with Crippen LogP contribution < -0.4 is 0 Å². The lowest BCUT2D eigenvalue weighted by Crippen LogP contribution is -2.32. The molecule has 7 heteroatoms. The number of likely N-dealkylation sites (N-methyl/N-ethyl adjacent to an activating group) is 1. The Morgan fingerprint density at radius 2 is 2.00 bits per heavy atom. The normalized spacial score (nSPS) is 12.6. The van der Waals surface area contributed by atoms with E-state index in [9.17, 15) is 4.79 Å². The van der Waals surface area contributed by atoms with Crippen LogP contribution in [0.25, 0.3) is 0 Å². The number of carbonyl (C=O) groups excluding carboxylic acids is 1. The van der Waals surface area contributed by atoms with Crippen LogP contribution >= 0.6 is 47.8 Å². The fraction of sp³-hybridized carbons (Fsp3) is 0.556. The van der Waals surface area contributed by atoms with Crippen LogP contribution in [-0.2, 0) is 4.79 Å². The first-order valence-corrected chi connectivity index (χ1v) is 7.08. The van der Waals surface area contributed by atoms with Crippen LogP contribution in [0.5, 0.6) is 0 Å². The highest BCUT2D eigenvalue weighted by molar-refractivity contribution is 9.14. The fourth-order valence-corrected chi connectivity index (χ4v) is 2.72. The van der Waals surface area contributed by atoms with Crippen LogP contribution in [0.15, 0.2) is 13.7 Å².